The van der Waals surface area contributed by atoms with Crippen LogP contribution in [0.15, 0.2) is 73.6 Å². The lowest BCUT2D eigenvalue weighted by Gasteiger charge is -2.11. The minimum absolute atomic E-state index is 0.106. The lowest BCUT2D eigenvalue weighted by Crippen LogP contribution is -2.13. The highest BCUT2D eigenvalue weighted by Gasteiger charge is 2.16. The average Bonchev–Trinajstić information content (AvgIpc) is 2.54. The van der Waals surface area contributed by atoms with Gasteiger partial charge >= 0.3 is 5.63 Å². The van der Waals surface area contributed by atoms with Gasteiger partial charge in [-0.2, -0.15) is 0 Å². The average molecular weight is 347 g/mol. The van der Waals surface area contributed by atoms with Crippen molar-refractivity contribution in [3.8, 4) is 0 Å². The van der Waals surface area contributed by atoms with Gasteiger partial charge in [0.25, 0.3) is 10.0 Å². The summed E-state index contributed by atoms with van der Waals surface area (Å²) >= 11 is 1.46. The van der Waals surface area contributed by atoms with Gasteiger partial charge in [-0.05, 0) is 42.7 Å². The zero-order chi connectivity index (χ0) is 16.4. The van der Waals surface area contributed by atoms with Crippen LogP contribution in [0.4, 0.5) is 5.69 Å². The molecule has 0 unspecified atom stereocenters. The molecule has 0 saturated carbocycles. The van der Waals surface area contributed by atoms with E-state index in [2.05, 4.69) is 4.72 Å². The number of hydrogen-bond donors (Lipinski definition) is 1. The maximum absolute atomic E-state index is 12.6. The molecule has 23 heavy (non-hydrogen) atoms. The van der Waals surface area contributed by atoms with E-state index < -0.39 is 15.6 Å². The van der Waals surface area contributed by atoms with Crippen LogP contribution in [-0.2, 0) is 10.0 Å². The highest BCUT2D eigenvalue weighted by Crippen LogP contribution is 2.27. The Hall–Kier alpha value is -2.25. The maximum atomic E-state index is 12.6. The Morgan fingerprint density at radius 1 is 1.04 bits per heavy atom. The first-order valence-electron chi connectivity index (χ1n) is 6.69. The second-order valence-electron chi connectivity index (χ2n) is 4.76. The van der Waals surface area contributed by atoms with E-state index in [0.717, 1.165) is 4.90 Å². The third-order valence-corrected chi connectivity index (χ3v) is 5.41. The summed E-state index contributed by atoms with van der Waals surface area (Å²) in [5.74, 6) is 0. The molecule has 1 aromatic heterocycles. The summed E-state index contributed by atoms with van der Waals surface area (Å²) in [6.45, 7) is 0. The largest absolute Gasteiger partial charge is 0.423 e. The minimum atomic E-state index is -3.73. The smallest absolute Gasteiger partial charge is 0.336 e. The Morgan fingerprint density at radius 2 is 1.83 bits per heavy atom. The number of thioether (sulfide) groups is 1. The molecule has 0 amide bonds. The van der Waals surface area contributed by atoms with Crippen LogP contribution in [0.5, 0.6) is 0 Å². The second-order valence-corrected chi connectivity index (χ2v) is 7.29. The summed E-state index contributed by atoms with van der Waals surface area (Å²) in [6, 6.07) is 14.3. The van der Waals surface area contributed by atoms with Gasteiger partial charge < -0.3 is 4.42 Å². The number of sulfonamides is 1. The predicted molar refractivity (Wildman–Crippen MR) is 91.5 cm³/mol. The number of para-hydroxylation sites is 1. The van der Waals surface area contributed by atoms with Crippen molar-refractivity contribution in [1.29, 1.82) is 0 Å². The van der Waals surface area contributed by atoms with Gasteiger partial charge in [0.2, 0.25) is 0 Å². The molecule has 0 aliphatic heterocycles. The van der Waals surface area contributed by atoms with E-state index in [0.29, 0.717) is 16.7 Å². The molecule has 0 radical (unpaired) electrons. The van der Waals surface area contributed by atoms with Crippen molar-refractivity contribution in [3.63, 3.8) is 0 Å². The molecule has 0 saturated heterocycles. The molecule has 2 aromatic carbocycles. The first kappa shape index (κ1) is 15.6. The number of anilines is 1. The first-order chi connectivity index (χ1) is 11.0. The summed E-state index contributed by atoms with van der Waals surface area (Å²) in [7, 11) is -3.73. The molecule has 1 N–H and O–H groups in total. The van der Waals surface area contributed by atoms with Crippen molar-refractivity contribution in [1.82, 2.24) is 0 Å². The third-order valence-electron chi connectivity index (χ3n) is 3.25. The van der Waals surface area contributed by atoms with Gasteiger partial charge in [-0.15, -0.1) is 11.8 Å². The molecule has 1 heterocycles. The molecule has 3 aromatic rings. The van der Waals surface area contributed by atoms with Gasteiger partial charge in [0.1, 0.15) is 5.58 Å². The molecule has 0 atom stereocenters. The second kappa shape index (κ2) is 6.10. The maximum Gasteiger partial charge on any atom is 0.336 e. The number of benzene rings is 2. The zero-order valence-electron chi connectivity index (χ0n) is 12.1. The van der Waals surface area contributed by atoms with E-state index in [9.17, 15) is 13.2 Å². The monoisotopic (exact) mass is 347 g/mol. The van der Waals surface area contributed by atoms with Crippen LogP contribution in [0, 0.1) is 0 Å². The van der Waals surface area contributed by atoms with Crippen LogP contribution in [0.2, 0.25) is 0 Å². The summed E-state index contributed by atoms with van der Waals surface area (Å²) < 4.78 is 32.7. The number of fused-ring (bicyclic) bond motifs is 1. The number of rotatable bonds is 4. The van der Waals surface area contributed by atoms with Gasteiger partial charge in [-0.25, -0.2) is 13.2 Å². The van der Waals surface area contributed by atoms with Gasteiger partial charge in [0.05, 0.1) is 10.6 Å². The molecular formula is C16H13NO4S2. The SMILES string of the molecule is CSc1ccccc1NS(=O)(=O)c1ccc2oc(=O)ccc2c1. The molecule has 0 aliphatic rings. The summed E-state index contributed by atoms with van der Waals surface area (Å²) in [5.41, 5.74) is 0.404. The fourth-order valence-electron chi connectivity index (χ4n) is 2.15. The van der Waals surface area contributed by atoms with Crippen LogP contribution in [0.25, 0.3) is 11.0 Å². The predicted octanol–water partition coefficient (Wildman–Crippen LogP) is 3.32. The summed E-state index contributed by atoms with van der Waals surface area (Å²) in [5, 5.41) is 0.547. The van der Waals surface area contributed by atoms with Crippen molar-refractivity contribution in [3.05, 3.63) is 65.0 Å². The van der Waals surface area contributed by atoms with Crippen LogP contribution >= 0.6 is 11.8 Å². The topological polar surface area (TPSA) is 76.4 Å². The van der Waals surface area contributed by atoms with Crippen molar-refractivity contribution in [2.45, 2.75) is 9.79 Å². The van der Waals surface area contributed by atoms with Crippen LogP contribution in [-0.4, -0.2) is 14.7 Å². The molecular weight excluding hydrogens is 334 g/mol. The van der Waals surface area contributed by atoms with E-state index in [-0.39, 0.29) is 4.90 Å². The van der Waals surface area contributed by atoms with Crippen LogP contribution in [0.1, 0.15) is 0 Å². The zero-order valence-corrected chi connectivity index (χ0v) is 13.8. The molecule has 0 bridgehead atoms. The highest BCUT2D eigenvalue weighted by molar-refractivity contribution is 7.99. The van der Waals surface area contributed by atoms with E-state index in [1.54, 1.807) is 12.1 Å². The fraction of sp³-hybridized carbons (Fsp3) is 0.0625. The lowest BCUT2D eigenvalue weighted by molar-refractivity contribution is 0.560. The van der Waals surface area contributed by atoms with Crippen molar-refractivity contribution in [2.75, 3.05) is 11.0 Å². The quantitative estimate of drug-likeness (QED) is 0.579. The molecule has 0 aliphatic carbocycles. The number of hydrogen-bond acceptors (Lipinski definition) is 5. The Kier molecular flexibility index (Phi) is 4.14. The third kappa shape index (κ3) is 3.25. The summed E-state index contributed by atoms with van der Waals surface area (Å²) in [6.07, 6.45) is 1.88. The lowest BCUT2D eigenvalue weighted by atomic mass is 10.2. The molecule has 0 fully saturated rings. The Balaban J connectivity index is 2.02. The highest BCUT2D eigenvalue weighted by atomic mass is 32.2. The summed E-state index contributed by atoms with van der Waals surface area (Å²) in [4.78, 5) is 12.1. The van der Waals surface area contributed by atoms with Crippen LogP contribution in [0.3, 0.4) is 0 Å². The van der Waals surface area contributed by atoms with E-state index in [1.165, 1.54) is 42.1 Å². The fourth-order valence-corrected chi connectivity index (χ4v) is 3.88. The van der Waals surface area contributed by atoms with Crippen molar-refractivity contribution < 1.29 is 12.8 Å². The molecule has 118 valence electrons. The molecule has 0 spiro atoms. The molecule has 3 rings (SSSR count). The standard InChI is InChI=1S/C16H13NO4S2/c1-22-15-5-3-2-4-13(15)17-23(19,20)12-7-8-14-11(10-12)6-9-16(18)21-14/h2-10,17H,1H3. The first-order valence-corrected chi connectivity index (χ1v) is 9.40. The van der Waals surface area contributed by atoms with E-state index in [4.69, 9.17) is 4.42 Å². The van der Waals surface area contributed by atoms with Gasteiger partial charge in [-0.3, -0.25) is 4.72 Å². The Labute approximate surface area is 137 Å². The van der Waals surface area contributed by atoms with Crippen molar-refractivity contribution >= 4 is 38.4 Å². The normalized spacial score (nSPS) is 11.5. The van der Waals surface area contributed by atoms with Gasteiger partial charge in [-0.1, -0.05) is 12.1 Å². The Morgan fingerprint density at radius 3 is 2.61 bits per heavy atom. The minimum Gasteiger partial charge on any atom is -0.423 e. The van der Waals surface area contributed by atoms with Gasteiger partial charge in [0.15, 0.2) is 0 Å². The number of nitrogens with one attached hydrogen (secondary N) is 1. The molecule has 7 heteroatoms. The van der Waals surface area contributed by atoms with Gasteiger partial charge in [0, 0.05) is 16.3 Å². The molecule has 5 nitrogen and oxygen atoms in total. The van der Waals surface area contributed by atoms with E-state index in [1.807, 2.05) is 18.4 Å². The van der Waals surface area contributed by atoms with Crippen LogP contribution < -0.4 is 10.3 Å². The van der Waals surface area contributed by atoms with E-state index >= 15 is 0 Å². The Bertz CT molecular complexity index is 1030. The van der Waals surface area contributed by atoms with Crippen molar-refractivity contribution in [2.24, 2.45) is 0 Å².